The van der Waals surface area contributed by atoms with E-state index in [0.29, 0.717) is 6.61 Å². The lowest BCUT2D eigenvalue weighted by Gasteiger charge is -2.01. The molecule has 2 aromatic rings. The van der Waals surface area contributed by atoms with Crippen LogP contribution in [0.25, 0.3) is 0 Å². The SMILES string of the molecule is CCOc1ccc(C#Cc2ccc(S)cc2)cc1. The summed E-state index contributed by atoms with van der Waals surface area (Å²) >= 11 is 4.24. The number of thiol groups is 1. The van der Waals surface area contributed by atoms with Gasteiger partial charge in [-0.2, -0.15) is 0 Å². The van der Waals surface area contributed by atoms with Crippen molar-refractivity contribution >= 4 is 12.6 Å². The molecule has 0 fully saturated rings. The maximum atomic E-state index is 5.38. The average molecular weight is 254 g/mol. The maximum Gasteiger partial charge on any atom is 0.119 e. The van der Waals surface area contributed by atoms with Crippen molar-refractivity contribution in [3.63, 3.8) is 0 Å². The molecule has 0 spiro atoms. The smallest absolute Gasteiger partial charge is 0.119 e. The Balaban J connectivity index is 2.12. The van der Waals surface area contributed by atoms with Gasteiger partial charge in [-0.15, -0.1) is 12.6 Å². The minimum atomic E-state index is 0.682. The van der Waals surface area contributed by atoms with Gasteiger partial charge in [-0.05, 0) is 55.5 Å². The van der Waals surface area contributed by atoms with E-state index in [1.54, 1.807) is 0 Å². The van der Waals surface area contributed by atoms with Crippen molar-refractivity contribution in [2.75, 3.05) is 6.61 Å². The molecule has 0 aliphatic rings. The summed E-state index contributed by atoms with van der Waals surface area (Å²) < 4.78 is 5.38. The van der Waals surface area contributed by atoms with Crippen LogP contribution in [0, 0.1) is 11.8 Å². The highest BCUT2D eigenvalue weighted by atomic mass is 32.1. The molecule has 0 saturated heterocycles. The van der Waals surface area contributed by atoms with E-state index in [1.165, 1.54) is 0 Å². The summed E-state index contributed by atoms with van der Waals surface area (Å²) in [5.41, 5.74) is 1.97. The Hall–Kier alpha value is -1.85. The first-order chi connectivity index (χ1) is 8.78. The van der Waals surface area contributed by atoms with E-state index in [0.717, 1.165) is 21.8 Å². The van der Waals surface area contributed by atoms with E-state index >= 15 is 0 Å². The number of hydrogen-bond acceptors (Lipinski definition) is 2. The number of rotatable bonds is 2. The van der Waals surface area contributed by atoms with Gasteiger partial charge in [0, 0.05) is 16.0 Å². The molecule has 0 unspecified atom stereocenters. The summed E-state index contributed by atoms with van der Waals surface area (Å²) in [5, 5.41) is 0. The van der Waals surface area contributed by atoms with Gasteiger partial charge in [-0.1, -0.05) is 11.8 Å². The third-order valence-electron chi connectivity index (χ3n) is 2.38. The van der Waals surface area contributed by atoms with Gasteiger partial charge >= 0.3 is 0 Å². The van der Waals surface area contributed by atoms with E-state index in [2.05, 4.69) is 24.5 Å². The highest BCUT2D eigenvalue weighted by Gasteiger charge is 1.91. The lowest BCUT2D eigenvalue weighted by Crippen LogP contribution is -1.90. The maximum absolute atomic E-state index is 5.38. The molecule has 2 heteroatoms. The lowest BCUT2D eigenvalue weighted by atomic mass is 10.2. The average Bonchev–Trinajstić information content (AvgIpc) is 2.40. The molecular weight excluding hydrogens is 240 g/mol. The molecule has 90 valence electrons. The Labute approximate surface area is 113 Å². The minimum Gasteiger partial charge on any atom is -0.494 e. The molecule has 1 nitrogen and oxygen atoms in total. The van der Waals surface area contributed by atoms with E-state index in [-0.39, 0.29) is 0 Å². The summed E-state index contributed by atoms with van der Waals surface area (Å²) in [4.78, 5) is 0.946. The zero-order chi connectivity index (χ0) is 12.8. The van der Waals surface area contributed by atoms with Crippen molar-refractivity contribution < 1.29 is 4.74 Å². The zero-order valence-electron chi connectivity index (χ0n) is 10.2. The van der Waals surface area contributed by atoms with Crippen molar-refractivity contribution in [2.45, 2.75) is 11.8 Å². The normalized spacial score (nSPS) is 9.44. The van der Waals surface area contributed by atoms with Gasteiger partial charge in [0.2, 0.25) is 0 Å². The van der Waals surface area contributed by atoms with Crippen molar-refractivity contribution in [3.05, 3.63) is 59.7 Å². The molecule has 2 rings (SSSR count). The largest absolute Gasteiger partial charge is 0.494 e. The van der Waals surface area contributed by atoms with Crippen molar-refractivity contribution in [1.29, 1.82) is 0 Å². The second-order valence-corrected chi connectivity index (χ2v) is 4.27. The standard InChI is InChI=1S/C16H14OS/c1-2-17-15-9-5-13(6-10-15)3-4-14-7-11-16(18)12-8-14/h5-12,18H,2H2,1H3. The third-order valence-corrected chi connectivity index (χ3v) is 2.68. The molecule has 0 radical (unpaired) electrons. The van der Waals surface area contributed by atoms with Crippen LogP contribution in [0.1, 0.15) is 18.1 Å². The Morgan fingerprint density at radius 3 is 1.89 bits per heavy atom. The fourth-order valence-electron chi connectivity index (χ4n) is 1.49. The molecule has 0 aliphatic heterocycles. The van der Waals surface area contributed by atoms with Crippen LogP contribution >= 0.6 is 12.6 Å². The fourth-order valence-corrected chi connectivity index (χ4v) is 1.64. The van der Waals surface area contributed by atoms with Gasteiger partial charge in [-0.3, -0.25) is 0 Å². The molecule has 0 heterocycles. The van der Waals surface area contributed by atoms with Crippen molar-refractivity contribution in [3.8, 4) is 17.6 Å². The van der Waals surface area contributed by atoms with Crippen molar-refractivity contribution in [1.82, 2.24) is 0 Å². The highest BCUT2D eigenvalue weighted by Crippen LogP contribution is 2.11. The Morgan fingerprint density at radius 1 is 0.889 bits per heavy atom. The number of benzene rings is 2. The van der Waals surface area contributed by atoms with Gasteiger partial charge in [0.05, 0.1) is 6.61 Å². The van der Waals surface area contributed by atoms with Gasteiger partial charge in [0.1, 0.15) is 5.75 Å². The van der Waals surface area contributed by atoms with Crippen LogP contribution in [-0.4, -0.2) is 6.61 Å². The van der Waals surface area contributed by atoms with Gasteiger partial charge in [0.25, 0.3) is 0 Å². The monoisotopic (exact) mass is 254 g/mol. The fraction of sp³-hybridized carbons (Fsp3) is 0.125. The molecule has 2 aromatic carbocycles. The molecule has 0 bridgehead atoms. The minimum absolute atomic E-state index is 0.682. The van der Waals surface area contributed by atoms with Gasteiger partial charge in [0.15, 0.2) is 0 Å². The third kappa shape index (κ3) is 3.58. The van der Waals surface area contributed by atoms with Gasteiger partial charge in [-0.25, -0.2) is 0 Å². The number of ether oxygens (including phenoxy) is 1. The van der Waals surface area contributed by atoms with E-state index in [4.69, 9.17) is 4.74 Å². The second kappa shape index (κ2) is 6.18. The molecule has 0 atom stereocenters. The first-order valence-electron chi connectivity index (χ1n) is 5.82. The van der Waals surface area contributed by atoms with Crippen LogP contribution in [-0.2, 0) is 0 Å². The molecule has 0 amide bonds. The lowest BCUT2D eigenvalue weighted by molar-refractivity contribution is 0.340. The predicted molar refractivity (Wildman–Crippen MR) is 77.3 cm³/mol. The van der Waals surface area contributed by atoms with E-state index in [1.807, 2.05) is 55.5 Å². The van der Waals surface area contributed by atoms with Crippen LogP contribution < -0.4 is 4.74 Å². The number of hydrogen-bond donors (Lipinski definition) is 1. The van der Waals surface area contributed by atoms with E-state index < -0.39 is 0 Å². The Bertz CT molecular complexity index is 559. The van der Waals surface area contributed by atoms with Crippen molar-refractivity contribution in [2.24, 2.45) is 0 Å². The topological polar surface area (TPSA) is 9.23 Å². The summed E-state index contributed by atoms with van der Waals surface area (Å²) in [6, 6.07) is 15.6. The predicted octanol–water partition coefficient (Wildman–Crippen LogP) is 3.77. The first kappa shape index (κ1) is 12.6. The molecule has 0 aromatic heterocycles. The highest BCUT2D eigenvalue weighted by molar-refractivity contribution is 7.80. The summed E-state index contributed by atoms with van der Waals surface area (Å²) in [6.45, 7) is 2.65. The molecule has 0 N–H and O–H groups in total. The molecular formula is C16H14OS. The van der Waals surface area contributed by atoms with E-state index in [9.17, 15) is 0 Å². The van der Waals surface area contributed by atoms with Crippen LogP contribution in [0.3, 0.4) is 0 Å². The van der Waals surface area contributed by atoms with Crippen LogP contribution in [0.5, 0.6) is 5.75 Å². The van der Waals surface area contributed by atoms with Gasteiger partial charge < -0.3 is 4.74 Å². The van der Waals surface area contributed by atoms with Crippen LogP contribution in [0.4, 0.5) is 0 Å². The summed E-state index contributed by atoms with van der Waals surface area (Å²) in [7, 11) is 0. The molecule has 0 aliphatic carbocycles. The van der Waals surface area contributed by atoms with Crippen LogP contribution in [0.15, 0.2) is 53.4 Å². The molecule has 18 heavy (non-hydrogen) atoms. The molecule has 0 saturated carbocycles. The first-order valence-corrected chi connectivity index (χ1v) is 6.26. The summed E-state index contributed by atoms with van der Waals surface area (Å²) in [5.74, 6) is 7.11. The Kier molecular flexibility index (Phi) is 4.33. The Morgan fingerprint density at radius 2 is 1.39 bits per heavy atom. The quantitative estimate of drug-likeness (QED) is 0.634. The summed E-state index contributed by atoms with van der Waals surface area (Å²) in [6.07, 6.45) is 0. The zero-order valence-corrected chi connectivity index (χ0v) is 11.1. The second-order valence-electron chi connectivity index (χ2n) is 3.75. The van der Waals surface area contributed by atoms with Crippen LogP contribution in [0.2, 0.25) is 0 Å².